The van der Waals surface area contributed by atoms with Gasteiger partial charge in [0.1, 0.15) is 11.3 Å². The average Bonchev–Trinajstić information content (AvgIpc) is 2.15. The van der Waals surface area contributed by atoms with Crippen molar-refractivity contribution in [2.45, 2.75) is 6.43 Å². The van der Waals surface area contributed by atoms with Crippen LogP contribution >= 0.6 is 0 Å². The highest BCUT2D eigenvalue weighted by molar-refractivity contribution is 5.92. The van der Waals surface area contributed by atoms with Gasteiger partial charge in [-0.1, -0.05) is 0 Å². The molecule has 1 amide bonds. The van der Waals surface area contributed by atoms with Gasteiger partial charge in [0.25, 0.3) is 12.3 Å². The molecule has 7 heteroatoms. The molecule has 0 unspecified atom stereocenters. The number of aromatic nitrogens is 1. The van der Waals surface area contributed by atoms with E-state index in [-0.39, 0.29) is 17.3 Å². The number of methoxy groups -OCH3 is 1. The number of carbonyl (C=O) groups is 1. The van der Waals surface area contributed by atoms with Crippen molar-refractivity contribution in [1.82, 2.24) is 4.98 Å². The molecule has 0 saturated carbocycles. The van der Waals surface area contributed by atoms with Crippen LogP contribution in [0.4, 0.5) is 14.5 Å². The molecule has 15 heavy (non-hydrogen) atoms. The summed E-state index contributed by atoms with van der Waals surface area (Å²) in [7, 11) is 1.15. The third kappa shape index (κ3) is 2.12. The van der Waals surface area contributed by atoms with Crippen LogP contribution in [0.5, 0.6) is 5.88 Å². The van der Waals surface area contributed by atoms with Gasteiger partial charge in [0, 0.05) is 5.69 Å². The van der Waals surface area contributed by atoms with E-state index in [1.807, 2.05) is 0 Å². The minimum absolute atomic E-state index is 0.214. The van der Waals surface area contributed by atoms with Gasteiger partial charge in [0.05, 0.1) is 7.11 Å². The van der Waals surface area contributed by atoms with Gasteiger partial charge >= 0.3 is 0 Å². The maximum Gasteiger partial charge on any atom is 0.271 e. The summed E-state index contributed by atoms with van der Waals surface area (Å²) in [6.07, 6.45) is -2.82. The molecule has 0 saturated heterocycles. The number of amides is 1. The molecule has 1 rings (SSSR count). The molecule has 0 fully saturated rings. The van der Waals surface area contributed by atoms with E-state index >= 15 is 0 Å². The van der Waals surface area contributed by atoms with Gasteiger partial charge in [0.15, 0.2) is 0 Å². The van der Waals surface area contributed by atoms with Crippen molar-refractivity contribution in [2.24, 2.45) is 5.73 Å². The molecule has 0 aliphatic rings. The van der Waals surface area contributed by atoms with Crippen LogP contribution in [0, 0.1) is 0 Å². The highest BCUT2D eigenvalue weighted by atomic mass is 19.3. The summed E-state index contributed by atoms with van der Waals surface area (Å²) in [4.78, 5) is 14.3. The molecule has 4 N–H and O–H groups in total. The number of rotatable bonds is 3. The Morgan fingerprint density at radius 1 is 1.60 bits per heavy atom. The van der Waals surface area contributed by atoms with E-state index in [1.165, 1.54) is 0 Å². The smallest absolute Gasteiger partial charge is 0.271 e. The lowest BCUT2D eigenvalue weighted by atomic mass is 10.2. The van der Waals surface area contributed by atoms with Gasteiger partial charge in [-0.2, -0.15) is 0 Å². The van der Waals surface area contributed by atoms with Crippen molar-refractivity contribution < 1.29 is 18.3 Å². The fourth-order valence-electron chi connectivity index (χ4n) is 1.05. The zero-order valence-electron chi connectivity index (χ0n) is 7.83. The van der Waals surface area contributed by atoms with Crippen molar-refractivity contribution in [1.29, 1.82) is 0 Å². The fraction of sp³-hybridized carbons (Fsp3) is 0.250. The molecule has 0 aliphatic carbocycles. The summed E-state index contributed by atoms with van der Waals surface area (Å²) in [6.45, 7) is 0. The average molecular weight is 217 g/mol. The molecule has 0 bridgehead atoms. The Hall–Kier alpha value is -1.92. The molecule has 82 valence electrons. The minimum Gasteiger partial charge on any atom is -0.481 e. The number of hydrogen-bond donors (Lipinski definition) is 2. The SMILES string of the molecule is COc1nc(C(N)=O)cc(N)c1C(F)F. The summed E-state index contributed by atoms with van der Waals surface area (Å²) < 4.78 is 29.6. The van der Waals surface area contributed by atoms with Gasteiger partial charge in [-0.15, -0.1) is 0 Å². The summed E-state index contributed by atoms with van der Waals surface area (Å²) in [5, 5.41) is 0. The number of halogens is 2. The van der Waals surface area contributed by atoms with Crippen molar-refractivity contribution >= 4 is 11.6 Å². The third-order valence-corrected chi connectivity index (χ3v) is 1.72. The van der Waals surface area contributed by atoms with E-state index < -0.39 is 17.9 Å². The molecule has 0 aliphatic heterocycles. The van der Waals surface area contributed by atoms with Crippen LogP contribution in [0.2, 0.25) is 0 Å². The van der Waals surface area contributed by atoms with Crippen LogP contribution in [-0.4, -0.2) is 18.0 Å². The number of ether oxygens (including phenoxy) is 1. The Bertz CT molecular complexity index is 396. The first-order valence-electron chi connectivity index (χ1n) is 3.89. The number of anilines is 1. The van der Waals surface area contributed by atoms with E-state index in [4.69, 9.17) is 11.5 Å². The van der Waals surface area contributed by atoms with E-state index in [1.54, 1.807) is 0 Å². The predicted octanol–water partition coefficient (Wildman–Crippen LogP) is 0.709. The molecule has 0 aromatic carbocycles. The van der Waals surface area contributed by atoms with E-state index in [9.17, 15) is 13.6 Å². The Balaban J connectivity index is 3.37. The molecular weight excluding hydrogens is 208 g/mol. The fourth-order valence-corrected chi connectivity index (χ4v) is 1.05. The van der Waals surface area contributed by atoms with Crippen molar-refractivity contribution in [2.75, 3.05) is 12.8 Å². The first kappa shape index (κ1) is 11.2. The predicted molar refractivity (Wildman–Crippen MR) is 48.7 cm³/mol. The molecule has 0 spiro atoms. The number of pyridine rings is 1. The Labute approximate surface area is 84.0 Å². The number of nitrogen functional groups attached to an aromatic ring is 1. The standard InChI is InChI=1S/C8H9F2N3O2/c1-15-8-5(6(9)10)3(11)2-4(13-8)7(12)14/h2,6H,1H3,(H2,11,13)(H2,12,14). The number of hydrogen-bond acceptors (Lipinski definition) is 4. The molecule has 1 aromatic heterocycles. The van der Waals surface area contributed by atoms with Gasteiger partial charge in [-0.3, -0.25) is 4.79 Å². The van der Waals surface area contributed by atoms with Gasteiger partial charge in [0.2, 0.25) is 5.88 Å². The second-order valence-electron chi connectivity index (χ2n) is 2.68. The number of carbonyl (C=O) groups excluding carboxylic acids is 1. The minimum atomic E-state index is -2.82. The quantitative estimate of drug-likeness (QED) is 0.779. The molecule has 0 atom stereocenters. The summed E-state index contributed by atoms with van der Waals surface area (Å²) in [6, 6.07) is 0.992. The maximum atomic E-state index is 12.5. The summed E-state index contributed by atoms with van der Waals surface area (Å²) in [5.41, 5.74) is 9.24. The lowest BCUT2D eigenvalue weighted by Crippen LogP contribution is -2.15. The summed E-state index contributed by atoms with van der Waals surface area (Å²) in [5.74, 6) is -1.25. The molecule has 1 aromatic rings. The second-order valence-corrected chi connectivity index (χ2v) is 2.68. The van der Waals surface area contributed by atoms with Gasteiger partial charge in [-0.25, -0.2) is 13.8 Å². The highest BCUT2D eigenvalue weighted by Gasteiger charge is 2.21. The Morgan fingerprint density at radius 3 is 2.60 bits per heavy atom. The molecule has 1 heterocycles. The number of nitrogens with two attached hydrogens (primary N) is 2. The largest absolute Gasteiger partial charge is 0.481 e. The highest BCUT2D eigenvalue weighted by Crippen LogP contribution is 2.32. The Morgan fingerprint density at radius 2 is 2.20 bits per heavy atom. The van der Waals surface area contributed by atoms with Crippen molar-refractivity contribution in [3.8, 4) is 5.88 Å². The normalized spacial score (nSPS) is 10.4. The zero-order valence-corrected chi connectivity index (χ0v) is 7.83. The van der Waals surface area contributed by atoms with Gasteiger partial charge < -0.3 is 16.2 Å². The van der Waals surface area contributed by atoms with Crippen LogP contribution in [0.3, 0.4) is 0 Å². The van der Waals surface area contributed by atoms with E-state index in [0.29, 0.717) is 0 Å². The third-order valence-electron chi connectivity index (χ3n) is 1.72. The van der Waals surface area contributed by atoms with Crippen LogP contribution in [0.15, 0.2) is 6.07 Å². The van der Waals surface area contributed by atoms with Gasteiger partial charge in [-0.05, 0) is 6.07 Å². The molecular formula is C8H9F2N3O2. The number of primary amides is 1. The van der Waals surface area contributed by atoms with Crippen molar-refractivity contribution in [3.63, 3.8) is 0 Å². The van der Waals surface area contributed by atoms with Crippen LogP contribution < -0.4 is 16.2 Å². The van der Waals surface area contributed by atoms with Crippen LogP contribution in [-0.2, 0) is 0 Å². The number of alkyl halides is 2. The first-order chi connectivity index (χ1) is 6.97. The number of nitrogens with zero attached hydrogens (tertiary/aromatic N) is 1. The lowest BCUT2D eigenvalue weighted by molar-refractivity contribution is 0.0993. The second kappa shape index (κ2) is 4.07. The van der Waals surface area contributed by atoms with E-state index in [2.05, 4.69) is 9.72 Å². The molecule has 5 nitrogen and oxygen atoms in total. The Kier molecular flexibility index (Phi) is 3.03. The monoisotopic (exact) mass is 217 g/mol. The first-order valence-corrected chi connectivity index (χ1v) is 3.89. The van der Waals surface area contributed by atoms with E-state index in [0.717, 1.165) is 13.2 Å². The van der Waals surface area contributed by atoms with Crippen molar-refractivity contribution in [3.05, 3.63) is 17.3 Å². The maximum absolute atomic E-state index is 12.5. The lowest BCUT2D eigenvalue weighted by Gasteiger charge is -2.10. The molecule has 0 radical (unpaired) electrons. The van der Waals surface area contributed by atoms with Crippen LogP contribution in [0.1, 0.15) is 22.5 Å². The summed E-state index contributed by atoms with van der Waals surface area (Å²) >= 11 is 0. The zero-order chi connectivity index (χ0) is 11.6. The topological polar surface area (TPSA) is 91.2 Å². The van der Waals surface area contributed by atoms with Crippen LogP contribution in [0.25, 0.3) is 0 Å².